The number of ether oxygens (including phenoxy) is 1. The van der Waals surface area contributed by atoms with Gasteiger partial charge < -0.3 is 10.1 Å². The van der Waals surface area contributed by atoms with Crippen molar-refractivity contribution in [3.05, 3.63) is 58.3 Å². The molecule has 1 aromatic carbocycles. The summed E-state index contributed by atoms with van der Waals surface area (Å²) in [5.74, 6) is -0.417. The number of nitrogens with zero attached hydrogens (tertiary/aromatic N) is 2. The lowest BCUT2D eigenvalue weighted by atomic mass is 10.1. The highest BCUT2D eigenvalue weighted by atomic mass is 79.9. The minimum absolute atomic E-state index is 0.212. The van der Waals surface area contributed by atoms with Crippen LogP contribution in [0.2, 0.25) is 0 Å². The lowest BCUT2D eigenvalue weighted by Gasteiger charge is -2.16. The average molecular weight is 400 g/mol. The van der Waals surface area contributed by atoms with E-state index in [1.165, 1.54) is 6.20 Å². The number of carbonyl (C=O) groups excluding carboxylic acids is 1. The van der Waals surface area contributed by atoms with E-state index in [1.807, 2.05) is 57.2 Å². The summed E-state index contributed by atoms with van der Waals surface area (Å²) < 4.78 is 6.26. The second-order valence-corrected chi connectivity index (χ2v) is 6.78. The molecule has 0 spiro atoms. The van der Waals surface area contributed by atoms with Crippen LogP contribution in [0.5, 0.6) is 0 Å². The Morgan fingerprint density at radius 1 is 1.20 bits per heavy atom. The van der Waals surface area contributed by atoms with E-state index >= 15 is 0 Å². The van der Waals surface area contributed by atoms with Gasteiger partial charge in [-0.1, -0.05) is 12.1 Å². The number of hydrogen-bond acceptors (Lipinski definition) is 5. The summed E-state index contributed by atoms with van der Waals surface area (Å²) >= 11 is 3.52. The smallest absolute Gasteiger partial charge is 0.342 e. The number of aromatic nitrogens is 2. The van der Waals surface area contributed by atoms with Gasteiger partial charge >= 0.3 is 5.97 Å². The van der Waals surface area contributed by atoms with Crippen molar-refractivity contribution in [2.45, 2.75) is 26.9 Å². The zero-order chi connectivity index (χ0) is 18.0. The molecule has 1 N–H and O–H groups in total. The molecule has 2 aromatic heterocycles. The highest BCUT2D eigenvalue weighted by molar-refractivity contribution is 9.10. The van der Waals surface area contributed by atoms with E-state index in [9.17, 15) is 4.79 Å². The van der Waals surface area contributed by atoms with E-state index in [-0.39, 0.29) is 6.10 Å². The molecule has 6 heteroatoms. The number of halogens is 1. The Kier molecular flexibility index (Phi) is 4.99. The average Bonchev–Trinajstić information content (AvgIpc) is 2.56. The van der Waals surface area contributed by atoms with Gasteiger partial charge in [-0.3, -0.25) is 0 Å². The molecule has 0 saturated carbocycles. The third kappa shape index (κ3) is 3.79. The number of aryl methyl sites for hydroxylation is 1. The van der Waals surface area contributed by atoms with E-state index in [2.05, 4.69) is 31.2 Å². The van der Waals surface area contributed by atoms with Crippen LogP contribution in [0, 0.1) is 6.92 Å². The first-order chi connectivity index (χ1) is 12.0. The van der Waals surface area contributed by atoms with Gasteiger partial charge in [0.05, 0.1) is 17.5 Å². The largest absolute Gasteiger partial charge is 0.459 e. The molecular formula is C19H18BrN3O2. The highest BCUT2D eigenvalue weighted by Gasteiger charge is 2.19. The Morgan fingerprint density at radius 3 is 2.68 bits per heavy atom. The predicted molar refractivity (Wildman–Crippen MR) is 102 cm³/mol. The quantitative estimate of drug-likeness (QED) is 0.624. The SMILES string of the molecule is Cc1ccc2c(Nc3ccccc3Br)c(C(=O)OC(C)C)cnc2n1. The molecule has 0 fully saturated rings. The molecule has 3 rings (SSSR count). The van der Waals surface area contributed by atoms with Gasteiger partial charge in [0, 0.05) is 21.7 Å². The lowest BCUT2D eigenvalue weighted by molar-refractivity contribution is 0.0379. The maximum Gasteiger partial charge on any atom is 0.342 e. The van der Waals surface area contributed by atoms with Gasteiger partial charge in [0.1, 0.15) is 5.56 Å². The molecule has 25 heavy (non-hydrogen) atoms. The molecule has 5 nitrogen and oxygen atoms in total. The Hall–Kier alpha value is -2.47. The Balaban J connectivity index is 2.17. The fourth-order valence-corrected chi connectivity index (χ4v) is 2.82. The van der Waals surface area contributed by atoms with Crippen LogP contribution in [-0.2, 0) is 4.74 Å². The van der Waals surface area contributed by atoms with Crippen molar-refractivity contribution in [3.63, 3.8) is 0 Å². The first-order valence-electron chi connectivity index (χ1n) is 7.94. The normalized spacial score (nSPS) is 10.9. The zero-order valence-corrected chi connectivity index (χ0v) is 15.8. The molecule has 0 aliphatic carbocycles. The number of benzene rings is 1. The van der Waals surface area contributed by atoms with Crippen molar-refractivity contribution in [2.24, 2.45) is 0 Å². The summed E-state index contributed by atoms with van der Waals surface area (Å²) in [5.41, 5.74) is 3.30. The second-order valence-electron chi connectivity index (χ2n) is 5.93. The number of hydrogen-bond donors (Lipinski definition) is 1. The molecule has 0 saturated heterocycles. The van der Waals surface area contributed by atoms with Gasteiger partial charge in [0.15, 0.2) is 5.65 Å². The van der Waals surface area contributed by atoms with E-state index in [0.717, 1.165) is 21.2 Å². The van der Waals surface area contributed by atoms with Crippen molar-refractivity contribution < 1.29 is 9.53 Å². The van der Waals surface area contributed by atoms with Crippen molar-refractivity contribution in [2.75, 3.05) is 5.32 Å². The number of rotatable bonds is 4. The predicted octanol–water partition coefficient (Wildman–Crippen LogP) is 5.01. The summed E-state index contributed by atoms with van der Waals surface area (Å²) in [6.45, 7) is 5.54. The third-order valence-electron chi connectivity index (χ3n) is 3.57. The molecule has 2 heterocycles. The van der Waals surface area contributed by atoms with Crippen LogP contribution >= 0.6 is 15.9 Å². The molecule has 128 valence electrons. The van der Waals surface area contributed by atoms with Gasteiger partial charge in [-0.15, -0.1) is 0 Å². The maximum absolute atomic E-state index is 12.5. The monoisotopic (exact) mass is 399 g/mol. The summed E-state index contributed by atoms with van der Waals surface area (Å²) in [4.78, 5) is 21.3. The lowest BCUT2D eigenvalue weighted by Crippen LogP contribution is -2.14. The van der Waals surface area contributed by atoms with Crippen molar-refractivity contribution in [1.82, 2.24) is 9.97 Å². The zero-order valence-electron chi connectivity index (χ0n) is 14.2. The van der Waals surface area contributed by atoms with Gasteiger partial charge in [-0.05, 0) is 61.0 Å². The molecule has 3 aromatic rings. The van der Waals surface area contributed by atoms with Gasteiger partial charge in [-0.25, -0.2) is 14.8 Å². The van der Waals surface area contributed by atoms with Crippen molar-refractivity contribution >= 4 is 44.3 Å². The van der Waals surface area contributed by atoms with Crippen LogP contribution in [0.15, 0.2) is 47.1 Å². The van der Waals surface area contributed by atoms with Crippen LogP contribution in [0.3, 0.4) is 0 Å². The van der Waals surface area contributed by atoms with Crippen LogP contribution in [0.25, 0.3) is 11.0 Å². The summed E-state index contributed by atoms with van der Waals surface area (Å²) in [5, 5.41) is 4.09. The number of para-hydroxylation sites is 1. The molecule has 0 unspecified atom stereocenters. The number of esters is 1. The molecule has 0 atom stereocenters. The standard InChI is InChI=1S/C19H18BrN3O2/c1-11(2)25-19(24)14-10-21-18-13(9-8-12(3)22-18)17(14)23-16-7-5-4-6-15(16)20/h4-11H,1-3H3,(H,21,22,23). The maximum atomic E-state index is 12.5. The third-order valence-corrected chi connectivity index (χ3v) is 4.26. The highest BCUT2D eigenvalue weighted by Crippen LogP contribution is 2.32. The van der Waals surface area contributed by atoms with E-state index in [1.54, 1.807) is 0 Å². The number of pyridine rings is 2. The summed E-state index contributed by atoms with van der Waals surface area (Å²) in [6, 6.07) is 11.5. The number of anilines is 2. The second kappa shape index (κ2) is 7.19. The molecule has 0 radical (unpaired) electrons. The first kappa shape index (κ1) is 17.4. The van der Waals surface area contributed by atoms with Crippen LogP contribution < -0.4 is 5.32 Å². The van der Waals surface area contributed by atoms with Gasteiger partial charge in [0.2, 0.25) is 0 Å². The summed E-state index contributed by atoms with van der Waals surface area (Å²) in [7, 11) is 0. The summed E-state index contributed by atoms with van der Waals surface area (Å²) in [6.07, 6.45) is 1.30. The molecule has 0 bridgehead atoms. The minimum atomic E-state index is -0.417. The van der Waals surface area contributed by atoms with Gasteiger partial charge in [0.25, 0.3) is 0 Å². The number of fused-ring (bicyclic) bond motifs is 1. The number of nitrogens with one attached hydrogen (secondary N) is 1. The fraction of sp³-hybridized carbons (Fsp3) is 0.211. The van der Waals surface area contributed by atoms with Crippen LogP contribution in [0.4, 0.5) is 11.4 Å². The van der Waals surface area contributed by atoms with Gasteiger partial charge in [-0.2, -0.15) is 0 Å². The topological polar surface area (TPSA) is 64.1 Å². The Labute approximate surface area is 154 Å². The molecule has 0 amide bonds. The number of carbonyl (C=O) groups is 1. The van der Waals surface area contributed by atoms with E-state index < -0.39 is 5.97 Å². The van der Waals surface area contributed by atoms with E-state index in [0.29, 0.717) is 16.9 Å². The Morgan fingerprint density at radius 2 is 1.96 bits per heavy atom. The Bertz CT molecular complexity index is 941. The van der Waals surface area contributed by atoms with E-state index in [4.69, 9.17) is 4.74 Å². The first-order valence-corrected chi connectivity index (χ1v) is 8.74. The van der Waals surface area contributed by atoms with Crippen LogP contribution in [-0.4, -0.2) is 22.0 Å². The van der Waals surface area contributed by atoms with Crippen molar-refractivity contribution in [1.29, 1.82) is 0 Å². The molecular weight excluding hydrogens is 382 g/mol. The molecule has 0 aliphatic rings. The minimum Gasteiger partial charge on any atom is -0.459 e. The van der Waals surface area contributed by atoms with Crippen LogP contribution in [0.1, 0.15) is 29.9 Å². The fourth-order valence-electron chi connectivity index (χ4n) is 2.44. The van der Waals surface area contributed by atoms with Crippen molar-refractivity contribution in [3.8, 4) is 0 Å². The molecule has 0 aliphatic heterocycles.